The van der Waals surface area contributed by atoms with E-state index in [-0.39, 0.29) is 12.2 Å². The highest BCUT2D eigenvalue weighted by Gasteiger charge is 2.26. The van der Waals surface area contributed by atoms with Crippen LogP contribution < -0.4 is 11.1 Å². The summed E-state index contributed by atoms with van der Waals surface area (Å²) < 4.78 is 2.71. The van der Waals surface area contributed by atoms with Crippen LogP contribution in [0.3, 0.4) is 0 Å². The van der Waals surface area contributed by atoms with Gasteiger partial charge in [0.2, 0.25) is 5.91 Å². The highest BCUT2D eigenvalue weighted by atomic mass is 32.2. The van der Waals surface area contributed by atoms with Crippen LogP contribution in [0, 0.1) is 10.8 Å². The summed E-state index contributed by atoms with van der Waals surface area (Å²) in [5.74, 6) is -1.82. The smallest absolute Gasteiger partial charge is 0.326 e. The van der Waals surface area contributed by atoms with E-state index in [1.165, 1.54) is 0 Å². The van der Waals surface area contributed by atoms with Crippen molar-refractivity contribution < 1.29 is 14.7 Å². The van der Waals surface area contributed by atoms with Gasteiger partial charge in [0.25, 0.3) is 0 Å². The second-order valence-corrected chi connectivity index (χ2v) is 6.70. The molecular formula is C17H22N4O4S. The first kappa shape index (κ1) is 19.9. The van der Waals surface area contributed by atoms with Crippen molar-refractivity contribution in [1.29, 1.82) is 0 Å². The Hall–Kier alpha value is -2.39. The van der Waals surface area contributed by atoms with E-state index in [0.717, 1.165) is 28.4 Å². The summed E-state index contributed by atoms with van der Waals surface area (Å²) in [6, 6.07) is 6.51. The number of benzene rings is 1. The number of aromatic nitrogens is 1. The lowest BCUT2D eigenvalue weighted by atomic mass is 10.0. The van der Waals surface area contributed by atoms with Crippen molar-refractivity contribution in [3.63, 3.8) is 0 Å². The zero-order chi connectivity index (χ0) is 18.9. The van der Waals surface area contributed by atoms with Crippen molar-refractivity contribution in [2.45, 2.75) is 25.3 Å². The number of nitrogens with zero attached hydrogens (tertiary/aromatic N) is 1. The predicted octanol–water partition coefficient (Wildman–Crippen LogP) is 2.05. The Morgan fingerprint density at radius 3 is 2.81 bits per heavy atom. The maximum Gasteiger partial charge on any atom is 0.326 e. The molecule has 0 aliphatic rings. The number of rotatable bonds is 11. The van der Waals surface area contributed by atoms with Gasteiger partial charge in [-0.1, -0.05) is 18.2 Å². The molecule has 8 nitrogen and oxygen atoms in total. The van der Waals surface area contributed by atoms with Crippen LogP contribution >= 0.6 is 11.9 Å². The summed E-state index contributed by atoms with van der Waals surface area (Å²) >= 11 is 0.753. The van der Waals surface area contributed by atoms with Crippen LogP contribution in [0.4, 0.5) is 0 Å². The third kappa shape index (κ3) is 5.30. The number of H-pyrrole nitrogens is 1. The Bertz CT molecular complexity index is 764. The molecule has 0 radical (unpaired) electrons. The highest BCUT2D eigenvalue weighted by Crippen LogP contribution is 2.20. The van der Waals surface area contributed by atoms with Gasteiger partial charge in [0, 0.05) is 51.7 Å². The maximum atomic E-state index is 12.5. The van der Waals surface area contributed by atoms with E-state index >= 15 is 0 Å². The number of aliphatic carboxylic acids is 1. The molecule has 1 heterocycles. The number of para-hydroxylation sites is 1. The minimum Gasteiger partial charge on any atom is -0.480 e. The quantitative estimate of drug-likeness (QED) is 0.349. The molecule has 9 heteroatoms. The van der Waals surface area contributed by atoms with Crippen molar-refractivity contribution in [1.82, 2.24) is 10.3 Å². The topological polar surface area (TPSA) is 138 Å². The molecule has 2 rings (SSSR count). The molecule has 2 atom stereocenters. The van der Waals surface area contributed by atoms with Crippen LogP contribution in [0.2, 0.25) is 0 Å². The Morgan fingerprint density at radius 1 is 1.35 bits per heavy atom. The molecule has 1 aromatic carbocycles. The molecule has 0 saturated carbocycles. The number of fused-ring (bicyclic) bond motifs is 1. The number of amides is 1. The van der Waals surface area contributed by atoms with Crippen molar-refractivity contribution in [3.8, 4) is 0 Å². The van der Waals surface area contributed by atoms with Gasteiger partial charge in [0.05, 0.1) is 0 Å². The normalized spacial score (nSPS) is 13.3. The van der Waals surface area contributed by atoms with Gasteiger partial charge in [-0.3, -0.25) is 4.79 Å². The van der Waals surface area contributed by atoms with E-state index in [1.807, 2.05) is 24.3 Å². The molecule has 5 N–H and O–H groups in total. The van der Waals surface area contributed by atoms with Crippen LogP contribution in [-0.4, -0.2) is 40.3 Å². The molecule has 26 heavy (non-hydrogen) atoms. The number of nitrogens with two attached hydrogens (primary N) is 1. The Labute approximate surface area is 155 Å². The van der Waals surface area contributed by atoms with E-state index in [2.05, 4.69) is 14.9 Å². The summed E-state index contributed by atoms with van der Waals surface area (Å²) in [4.78, 5) is 37.5. The molecular weight excluding hydrogens is 356 g/mol. The lowest BCUT2D eigenvalue weighted by Crippen LogP contribution is -2.45. The van der Waals surface area contributed by atoms with Crippen LogP contribution in [-0.2, 0) is 16.0 Å². The fraction of sp³-hybridized carbons (Fsp3) is 0.412. The second-order valence-electron chi connectivity index (χ2n) is 5.96. The fourth-order valence-electron chi connectivity index (χ4n) is 2.78. The Balaban J connectivity index is 2.09. The van der Waals surface area contributed by atoms with Crippen LogP contribution in [0.15, 0.2) is 35.0 Å². The molecule has 2 aromatic rings. The molecule has 140 valence electrons. The molecule has 0 saturated heterocycles. The minimum atomic E-state index is -1.11. The van der Waals surface area contributed by atoms with E-state index in [4.69, 9.17) is 5.73 Å². The van der Waals surface area contributed by atoms with Crippen molar-refractivity contribution in [2.75, 3.05) is 12.3 Å². The molecule has 1 aromatic heterocycles. The number of carboxylic acid groups (broad SMARTS) is 1. The van der Waals surface area contributed by atoms with Crippen LogP contribution in [0.25, 0.3) is 10.9 Å². The lowest BCUT2D eigenvalue weighted by Gasteiger charge is -2.19. The number of aromatic amines is 1. The average molecular weight is 378 g/mol. The van der Waals surface area contributed by atoms with Crippen molar-refractivity contribution >= 4 is 34.7 Å². The van der Waals surface area contributed by atoms with E-state index < -0.39 is 23.8 Å². The first-order valence-electron chi connectivity index (χ1n) is 8.29. The van der Waals surface area contributed by atoms with Crippen molar-refractivity contribution in [2.24, 2.45) is 16.2 Å². The fourth-order valence-corrected chi connectivity index (χ4v) is 3.34. The number of hydrogen-bond acceptors (Lipinski definition) is 6. The van der Waals surface area contributed by atoms with Gasteiger partial charge in [-0.05, 0) is 31.0 Å². The number of carbonyl (C=O) groups excluding carboxylic acids is 1. The largest absolute Gasteiger partial charge is 0.480 e. The number of carboxylic acids is 1. The monoisotopic (exact) mass is 378 g/mol. The third-order valence-electron chi connectivity index (χ3n) is 4.17. The van der Waals surface area contributed by atoms with Gasteiger partial charge in [0.15, 0.2) is 0 Å². The minimum absolute atomic E-state index is 0.160. The summed E-state index contributed by atoms with van der Waals surface area (Å²) in [6.07, 6.45) is 3.00. The summed E-state index contributed by atoms with van der Waals surface area (Å²) in [7, 11) is 0. The van der Waals surface area contributed by atoms with Crippen molar-refractivity contribution in [3.05, 3.63) is 40.9 Å². The van der Waals surface area contributed by atoms with E-state index in [9.17, 15) is 19.6 Å². The van der Waals surface area contributed by atoms with Crippen LogP contribution in [0.5, 0.6) is 0 Å². The number of nitroso groups, excluding NO2 is 1. The summed E-state index contributed by atoms with van der Waals surface area (Å²) in [5.41, 5.74) is 7.20. The van der Waals surface area contributed by atoms with Crippen LogP contribution in [0.1, 0.15) is 18.4 Å². The van der Waals surface area contributed by atoms with E-state index in [1.54, 1.807) is 6.20 Å². The first-order valence-corrected chi connectivity index (χ1v) is 9.24. The third-order valence-corrected chi connectivity index (χ3v) is 4.83. The van der Waals surface area contributed by atoms with Gasteiger partial charge in [-0.2, -0.15) is 0 Å². The number of nitrogens with one attached hydrogen (secondary N) is 2. The molecule has 0 spiro atoms. The number of hydrogen-bond donors (Lipinski definition) is 4. The zero-order valence-electron chi connectivity index (χ0n) is 14.2. The standard InChI is InChI=1S/C17H22N4O4S/c18-7-3-4-11(10-26-21-25)16(22)20-15(17(23)24)8-12-9-19-14-6-2-1-5-13(12)14/h1-2,5-6,9,11,15,19H,3-4,7-8,10,18H2,(H,20,22)(H,23,24)/t11?,15-/m0/s1. The van der Waals surface area contributed by atoms with Gasteiger partial charge in [-0.15, -0.1) is 4.91 Å². The summed E-state index contributed by atoms with van der Waals surface area (Å²) in [5, 5.41) is 13.0. The molecule has 1 amide bonds. The maximum absolute atomic E-state index is 12.5. The van der Waals surface area contributed by atoms with Gasteiger partial charge < -0.3 is 21.1 Å². The molecule has 0 aliphatic heterocycles. The van der Waals surface area contributed by atoms with Gasteiger partial charge >= 0.3 is 5.97 Å². The molecule has 1 unspecified atom stereocenters. The Morgan fingerprint density at radius 2 is 2.12 bits per heavy atom. The molecule has 0 aliphatic carbocycles. The average Bonchev–Trinajstić information content (AvgIpc) is 3.04. The second kappa shape index (κ2) is 9.93. The zero-order valence-corrected chi connectivity index (χ0v) is 15.0. The van der Waals surface area contributed by atoms with Gasteiger partial charge in [0.1, 0.15) is 6.04 Å². The lowest BCUT2D eigenvalue weighted by molar-refractivity contribution is -0.142. The Kier molecular flexibility index (Phi) is 7.61. The first-order chi connectivity index (χ1) is 12.6. The van der Waals surface area contributed by atoms with Gasteiger partial charge in [-0.25, -0.2) is 4.79 Å². The molecule has 0 fully saturated rings. The van der Waals surface area contributed by atoms with E-state index in [0.29, 0.717) is 19.4 Å². The molecule has 0 bridgehead atoms. The SMILES string of the molecule is NCCCC(CSN=O)C(=O)N[C@@H](Cc1c[nH]c2ccccc12)C(=O)O. The summed E-state index contributed by atoms with van der Waals surface area (Å²) in [6.45, 7) is 0.417. The highest BCUT2D eigenvalue weighted by molar-refractivity contribution is 7.97. The predicted molar refractivity (Wildman–Crippen MR) is 102 cm³/mol. The number of carbonyl (C=O) groups is 2.